The van der Waals surface area contributed by atoms with Crippen molar-refractivity contribution in [3.63, 3.8) is 0 Å². The van der Waals surface area contributed by atoms with Gasteiger partial charge in [-0.15, -0.1) is 0 Å². The van der Waals surface area contributed by atoms with Gasteiger partial charge in [-0.05, 0) is 74.7 Å². The maximum Gasteiger partial charge on any atom is 0.259 e. The molecule has 0 radical (unpaired) electrons. The van der Waals surface area contributed by atoms with Crippen LogP contribution in [-0.2, 0) is 28.9 Å². The number of aromatic nitrogens is 1. The van der Waals surface area contributed by atoms with Crippen LogP contribution in [0.1, 0.15) is 57.0 Å². The van der Waals surface area contributed by atoms with Gasteiger partial charge in [0.05, 0.1) is 46.5 Å². The van der Waals surface area contributed by atoms with E-state index in [9.17, 15) is 10.1 Å². The number of nitrogens with zero attached hydrogens (tertiary/aromatic N) is 3. The summed E-state index contributed by atoms with van der Waals surface area (Å²) in [6.45, 7) is 8.73. The summed E-state index contributed by atoms with van der Waals surface area (Å²) in [5.74, 6) is 1.42. The molecular formula is C41H48N3O8P. The lowest BCUT2D eigenvalue weighted by atomic mass is 9.79. The predicted molar refractivity (Wildman–Crippen MR) is 202 cm³/mol. The molecule has 2 fully saturated rings. The third-order valence-electron chi connectivity index (χ3n) is 9.67. The summed E-state index contributed by atoms with van der Waals surface area (Å²) in [5, 5.41) is 9.35. The Kier molecular flexibility index (Phi) is 12.3. The Balaban J connectivity index is 1.47. The van der Waals surface area contributed by atoms with Gasteiger partial charge in [-0.25, -0.2) is 4.67 Å². The van der Waals surface area contributed by atoms with Crippen LogP contribution in [0.4, 0.5) is 0 Å². The van der Waals surface area contributed by atoms with E-state index < -0.39 is 38.2 Å². The molecule has 0 N–H and O–H groups in total. The highest BCUT2D eigenvalue weighted by Gasteiger charge is 2.65. The van der Waals surface area contributed by atoms with Crippen LogP contribution < -0.4 is 15.0 Å². The van der Waals surface area contributed by atoms with Crippen LogP contribution in [0.3, 0.4) is 0 Å². The summed E-state index contributed by atoms with van der Waals surface area (Å²) >= 11 is 0. The number of hydrogen-bond acceptors (Lipinski definition) is 10. The molecular weight excluding hydrogens is 693 g/mol. The molecule has 5 atom stereocenters. The fourth-order valence-corrected chi connectivity index (χ4v) is 9.03. The van der Waals surface area contributed by atoms with E-state index in [4.69, 9.17) is 32.7 Å². The first kappa shape index (κ1) is 38.6. The minimum Gasteiger partial charge on any atom is -0.497 e. The minimum atomic E-state index is -1.70. The van der Waals surface area contributed by atoms with Crippen molar-refractivity contribution in [3.05, 3.63) is 130 Å². The lowest BCUT2D eigenvalue weighted by molar-refractivity contribution is -0.203. The fourth-order valence-electron chi connectivity index (χ4n) is 7.22. The van der Waals surface area contributed by atoms with Crippen molar-refractivity contribution >= 4 is 8.53 Å². The number of pyridine rings is 1. The number of nitriles is 1. The molecule has 4 aromatic rings. The van der Waals surface area contributed by atoms with Crippen LogP contribution >= 0.6 is 8.53 Å². The van der Waals surface area contributed by atoms with Crippen LogP contribution in [0.25, 0.3) is 0 Å². The van der Waals surface area contributed by atoms with Crippen LogP contribution in [-0.4, -0.2) is 73.2 Å². The van der Waals surface area contributed by atoms with Gasteiger partial charge in [0.1, 0.15) is 34.9 Å². The molecule has 2 unspecified atom stereocenters. The molecule has 3 heterocycles. The molecule has 0 amide bonds. The highest BCUT2D eigenvalue weighted by atomic mass is 31.2. The number of fused-ring (bicyclic) bond motifs is 2. The Hall–Kier alpha value is -4.11. The molecule has 53 heavy (non-hydrogen) atoms. The third-order valence-corrected chi connectivity index (χ3v) is 11.8. The first-order valence-corrected chi connectivity index (χ1v) is 19.0. The second kappa shape index (κ2) is 16.9. The van der Waals surface area contributed by atoms with Crippen LogP contribution in [0.2, 0.25) is 0 Å². The first-order valence-electron chi connectivity index (χ1n) is 17.9. The smallest absolute Gasteiger partial charge is 0.259 e. The lowest BCUT2D eigenvalue weighted by Gasteiger charge is -2.41. The van der Waals surface area contributed by atoms with Crippen LogP contribution in [0, 0.1) is 11.3 Å². The highest BCUT2D eigenvalue weighted by Crippen LogP contribution is 2.56. The number of methoxy groups -OCH3 is 2. The number of ether oxygens (including phenoxy) is 5. The van der Waals surface area contributed by atoms with Gasteiger partial charge < -0.3 is 32.7 Å². The molecule has 12 heteroatoms. The summed E-state index contributed by atoms with van der Waals surface area (Å²) in [6.07, 6.45) is -0.230. The average Bonchev–Trinajstić information content (AvgIpc) is 3.67. The molecule has 2 aliphatic rings. The summed E-state index contributed by atoms with van der Waals surface area (Å²) in [7, 11) is 1.58. The number of benzene rings is 3. The first-order chi connectivity index (χ1) is 25.7. The Bertz CT molecular complexity index is 1830. The Labute approximate surface area is 312 Å². The molecule has 11 nitrogen and oxygen atoms in total. The van der Waals surface area contributed by atoms with E-state index in [1.54, 1.807) is 37.1 Å². The Morgan fingerprint density at radius 3 is 2.02 bits per heavy atom. The molecule has 280 valence electrons. The minimum absolute atomic E-state index is 0.0178. The molecule has 6 rings (SSSR count). The quantitative estimate of drug-likeness (QED) is 0.0626. The SMILES string of the molecule is COc1ccc(C(OC[C@@]23CO[C@@H](C(n4ccccc4=O)O2)[C@@H]3OP(OCCC#N)N(C(C)C)C(C)C)(c2ccccc2)c2ccc(OC)cc2)cc1. The lowest BCUT2D eigenvalue weighted by Crippen LogP contribution is -2.49. The Morgan fingerprint density at radius 1 is 0.887 bits per heavy atom. The number of hydrogen-bond donors (Lipinski definition) is 0. The van der Waals surface area contributed by atoms with E-state index >= 15 is 0 Å². The van der Waals surface area contributed by atoms with Gasteiger partial charge in [0.15, 0.2) is 6.23 Å². The van der Waals surface area contributed by atoms with Crippen molar-refractivity contribution in [1.82, 2.24) is 9.24 Å². The van der Waals surface area contributed by atoms with Gasteiger partial charge in [0.25, 0.3) is 14.1 Å². The molecule has 0 aliphatic carbocycles. The van der Waals surface area contributed by atoms with Crippen molar-refractivity contribution in [2.45, 2.75) is 75.8 Å². The second-order valence-electron chi connectivity index (χ2n) is 13.7. The molecule has 0 saturated carbocycles. The molecule has 2 bridgehead atoms. The zero-order chi connectivity index (χ0) is 37.6. The molecule has 3 aromatic carbocycles. The van der Waals surface area contributed by atoms with Gasteiger partial charge in [-0.2, -0.15) is 5.26 Å². The molecule has 1 aromatic heterocycles. The summed E-state index contributed by atoms with van der Waals surface area (Å²) in [5.41, 5.74) is 0.0837. The maximum atomic E-state index is 13.2. The van der Waals surface area contributed by atoms with Crippen LogP contribution in [0.5, 0.6) is 11.5 Å². The van der Waals surface area contributed by atoms with E-state index in [1.807, 2.05) is 78.9 Å². The molecule has 2 saturated heterocycles. The largest absolute Gasteiger partial charge is 0.497 e. The van der Waals surface area contributed by atoms with Crippen molar-refractivity contribution in [2.24, 2.45) is 0 Å². The number of rotatable bonds is 17. The van der Waals surface area contributed by atoms with E-state index in [0.29, 0.717) is 11.5 Å². The standard InChI is InChI=1S/C41H48N3O8P/c1-29(2)44(30(3)4)53(50-26-12-24-42)52-38-37-39(43-25-11-10-15-36(43)45)51-40(38,27-48-37)28-49-41(31-13-8-7-9-14-31,32-16-20-34(46-5)21-17-32)33-18-22-35(47-6)23-19-33/h7-11,13-23,25,29-30,37-39H,12,26-28H2,1-6H3/t37-,38+,39?,40-,53?/m1/s1. The topological polar surface area (TPSA) is 114 Å². The van der Waals surface area contributed by atoms with Crippen LogP contribution in [0.15, 0.2) is 108 Å². The summed E-state index contributed by atoms with van der Waals surface area (Å²) in [4.78, 5) is 13.2. The van der Waals surface area contributed by atoms with Gasteiger partial charge in [-0.3, -0.25) is 9.36 Å². The van der Waals surface area contributed by atoms with Gasteiger partial charge >= 0.3 is 0 Å². The maximum absolute atomic E-state index is 13.2. The van der Waals surface area contributed by atoms with Gasteiger partial charge in [-0.1, -0.05) is 60.7 Å². The van der Waals surface area contributed by atoms with E-state index in [-0.39, 0.29) is 43.9 Å². The fraction of sp³-hybridized carbons (Fsp3) is 0.415. The molecule has 2 aliphatic heterocycles. The molecule has 0 spiro atoms. The Morgan fingerprint density at radius 2 is 1.47 bits per heavy atom. The highest BCUT2D eigenvalue weighted by molar-refractivity contribution is 7.44. The normalized spacial score (nSPS) is 21.6. The van der Waals surface area contributed by atoms with Gasteiger partial charge in [0, 0.05) is 24.3 Å². The van der Waals surface area contributed by atoms with Crippen molar-refractivity contribution < 1.29 is 32.7 Å². The average molecular weight is 742 g/mol. The summed E-state index contributed by atoms with van der Waals surface area (Å²) < 4.78 is 49.1. The van der Waals surface area contributed by atoms with Crippen molar-refractivity contribution in [3.8, 4) is 17.6 Å². The van der Waals surface area contributed by atoms with E-state index in [2.05, 4.69) is 38.4 Å². The zero-order valence-corrected chi connectivity index (χ0v) is 32.0. The van der Waals surface area contributed by atoms with Gasteiger partial charge in [0.2, 0.25) is 0 Å². The summed E-state index contributed by atoms with van der Waals surface area (Å²) in [6, 6.07) is 33.0. The van der Waals surface area contributed by atoms with Crippen molar-refractivity contribution in [2.75, 3.05) is 34.0 Å². The third kappa shape index (κ3) is 7.78. The zero-order valence-electron chi connectivity index (χ0n) is 31.1. The van der Waals surface area contributed by atoms with E-state index in [0.717, 1.165) is 16.7 Å². The second-order valence-corrected chi connectivity index (χ2v) is 15.1. The van der Waals surface area contributed by atoms with Crippen molar-refractivity contribution in [1.29, 1.82) is 5.26 Å². The predicted octanol–water partition coefficient (Wildman–Crippen LogP) is 7.20. The monoisotopic (exact) mass is 741 g/mol. The van der Waals surface area contributed by atoms with E-state index in [1.165, 1.54) is 6.07 Å².